The van der Waals surface area contributed by atoms with Crippen molar-refractivity contribution in [3.05, 3.63) is 0 Å². The number of nitrogens with zero attached hydrogens (tertiary/aromatic N) is 2. The van der Waals surface area contributed by atoms with E-state index in [4.69, 9.17) is 4.74 Å². The summed E-state index contributed by atoms with van der Waals surface area (Å²) in [6.45, 7) is 5.20. The fraction of sp³-hybridized carbons (Fsp3) is 1.00. The van der Waals surface area contributed by atoms with E-state index in [0.29, 0.717) is 3.42 Å². The van der Waals surface area contributed by atoms with Gasteiger partial charge in [0.15, 0.2) is 0 Å². The van der Waals surface area contributed by atoms with E-state index in [1.165, 1.54) is 25.9 Å². The lowest BCUT2D eigenvalue weighted by Crippen LogP contribution is -2.41. The summed E-state index contributed by atoms with van der Waals surface area (Å²) in [6.07, 6.45) is 2.51. The van der Waals surface area contributed by atoms with Crippen molar-refractivity contribution in [3.63, 3.8) is 0 Å². The third-order valence-corrected chi connectivity index (χ3v) is 4.32. The van der Waals surface area contributed by atoms with E-state index < -0.39 is 0 Å². The summed E-state index contributed by atoms with van der Waals surface area (Å²) in [5.41, 5.74) is 0. The summed E-state index contributed by atoms with van der Waals surface area (Å²) < 4.78 is 6.14. The van der Waals surface area contributed by atoms with Crippen molar-refractivity contribution in [2.24, 2.45) is 0 Å². The zero-order chi connectivity index (χ0) is 11.3. The topological polar surface area (TPSA) is 15.7 Å². The molecule has 90 valence electrons. The molecular formula is C11H23IN2O. The second-order valence-corrected chi connectivity index (χ2v) is 7.10. The Hall–Kier alpha value is 0.610. The Kier molecular flexibility index (Phi) is 5.81. The Balaban J connectivity index is 2.14. The predicted octanol–water partition coefficient (Wildman–Crippen LogP) is 1.46. The standard InChI is InChI=1S/C11H23IN2O/c1-13(2)8-9-15-10-11(12)4-6-14(3)7-5-11/h4-10H2,1-3H3. The van der Waals surface area contributed by atoms with Gasteiger partial charge < -0.3 is 14.5 Å². The normalized spacial score (nSPS) is 22.2. The lowest BCUT2D eigenvalue weighted by molar-refractivity contribution is 0.0829. The minimum atomic E-state index is 0.385. The molecule has 15 heavy (non-hydrogen) atoms. The summed E-state index contributed by atoms with van der Waals surface area (Å²) in [5, 5.41) is 0. The molecule has 0 aromatic heterocycles. The molecule has 0 aromatic carbocycles. The second kappa shape index (κ2) is 6.37. The second-order valence-electron chi connectivity index (χ2n) is 4.81. The first-order valence-corrected chi connectivity index (χ1v) is 6.70. The van der Waals surface area contributed by atoms with E-state index in [0.717, 1.165) is 19.8 Å². The summed E-state index contributed by atoms with van der Waals surface area (Å²) in [5.74, 6) is 0. The molecule has 4 heteroatoms. The first-order chi connectivity index (χ1) is 7.02. The molecule has 0 bridgehead atoms. The van der Waals surface area contributed by atoms with Crippen LogP contribution >= 0.6 is 22.6 Å². The molecule has 0 unspecified atom stereocenters. The lowest BCUT2D eigenvalue weighted by Gasteiger charge is -2.36. The van der Waals surface area contributed by atoms with Crippen LogP contribution in [-0.4, -0.2) is 67.2 Å². The third-order valence-electron chi connectivity index (χ3n) is 2.93. The maximum absolute atomic E-state index is 5.75. The van der Waals surface area contributed by atoms with Crippen LogP contribution in [-0.2, 0) is 4.74 Å². The number of likely N-dealkylation sites (tertiary alicyclic amines) is 1. The van der Waals surface area contributed by atoms with Crippen molar-refractivity contribution in [1.29, 1.82) is 0 Å². The van der Waals surface area contributed by atoms with E-state index in [9.17, 15) is 0 Å². The zero-order valence-corrected chi connectivity index (χ0v) is 12.3. The van der Waals surface area contributed by atoms with Gasteiger partial charge in [0.05, 0.1) is 13.2 Å². The lowest BCUT2D eigenvalue weighted by atomic mass is 9.98. The SMILES string of the molecule is CN(C)CCOCC1(I)CCN(C)CC1. The van der Waals surface area contributed by atoms with Crippen LogP contribution in [0.15, 0.2) is 0 Å². The van der Waals surface area contributed by atoms with Gasteiger partial charge in [-0.3, -0.25) is 0 Å². The quantitative estimate of drug-likeness (QED) is 0.432. The van der Waals surface area contributed by atoms with Gasteiger partial charge in [-0.15, -0.1) is 0 Å². The molecule has 0 atom stereocenters. The number of halogens is 1. The molecule has 0 saturated carbocycles. The van der Waals surface area contributed by atoms with Gasteiger partial charge in [0.1, 0.15) is 0 Å². The highest BCUT2D eigenvalue weighted by Gasteiger charge is 2.30. The Morgan fingerprint density at radius 1 is 1.33 bits per heavy atom. The van der Waals surface area contributed by atoms with Gasteiger partial charge >= 0.3 is 0 Å². The minimum absolute atomic E-state index is 0.385. The monoisotopic (exact) mass is 326 g/mol. The molecule has 1 fully saturated rings. The smallest absolute Gasteiger partial charge is 0.0613 e. The Bertz CT molecular complexity index is 179. The van der Waals surface area contributed by atoms with E-state index >= 15 is 0 Å². The number of alkyl halides is 1. The molecule has 1 heterocycles. The Morgan fingerprint density at radius 3 is 2.47 bits per heavy atom. The highest BCUT2D eigenvalue weighted by Crippen LogP contribution is 2.31. The molecule has 1 rings (SSSR count). The number of ether oxygens (including phenoxy) is 1. The maximum atomic E-state index is 5.75. The van der Waals surface area contributed by atoms with Crippen molar-refractivity contribution in [1.82, 2.24) is 9.80 Å². The number of hydrogen-bond acceptors (Lipinski definition) is 3. The summed E-state index contributed by atoms with van der Waals surface area (Å²) in [4.78, 5) is 4.56. The van der Waals surface area contributed by atoms with Crippen LogP contribution < -0.4 is 0 Å². The largest absolute Gasteiger partial charge is 0.379 e. The molecular weight excluding hydrogens is 303 g/mol. The van der Waals surface area contributed by atoms with Crippen LogP contribution in [0, 0.1) is 0 Å². The van der Waals surface area contributed by atoms with Crippen LogP contribution in [0.3, 0.4) is 0 Å². The number of hydrogen-bond donors (Lipinski definition) is 0. The molecule has 0 N–H and O–H groups in total. The van der Waals surface area contributed by atoms with Crippen molar-refractivity contribution in [2.45, 2.75) is 16.3 Å². The van der Waals surface area contributed by atoms with Gasteiger partial charge in [0.2, 0.25) is 0 Å². The highest BCUT2D eigenvalue weighted by atomic mass is 127. The molecule has 1 saturated heterocycles. The van der Waals surface area contributed by atoms with Crippen LogP contribution in [0.4, 0.5) is 0 Å². The molecule has 1 aliphatic heterocycles. The molecule has 0 amide bonds. The van der Waals surface area contributed by atoms with Crippen LogP contribution in [0.2, 0.25) is 0 Å². The van der Waals surface area contributed by atoms with Crippen LogP contribution in [0.25, 0.3) is 0 Å². The van der Waals surface area contributed by atoms with Crippen molar-refractivity contribution < 1.29 is 4.74 Å². The molecule has 0 aliphatic carbocycles. The molecule has 0 radical (unpaired) electrons. The fourth-order valence-corrected chi connectivity index (χ4v) is 2.37. The molecule has 0 aromatic rings. The van der Waals surface area contributed by atoms with E-state index in [1.54, 1.807) is 0 Å². The predicted molar refractivity (Wildman–Crippen MR) is 72.9 cm³/mol. The molecule has 1 aliphatic rings. The Labute approximate surface area is 107 Å². The van der Waals surface area contributed by atoms with Gasteiger partial charge in [-0.2, -0.15) is 0 Å². The summed E-state index contributed by atoms with van der Waals surface area (Å²) >= 11 is 2.59. The molecule has 3 nitrogen and oxygen atoms in total. The van der Waals surface area contributed by atoms with Gasteiger partial charge in [-0.25, -0.2) is 0 Å². The highest BCUT2D eigenvalue weighted by molar-refractivity contribution is 14.1. The van der Waals surface area contributed by atoms with Gasteiger partial charge in [0.25, 0.3) is 0 Å². The van der Waals surface area contributed by atoms with Gasteiger partial charge in [-0.1, -0.05) is 22.6 Å². The first-order valence-electron chi connectivity index (χ1n) is 5.62. The average Bonchev–Trinajstić information content (AvgIpc) is 2.18. The van der Waals surface area contributed by atoms with E-state index in [1.807, 2.05) is 0 Å². The maximum Gasteiger partial charge on any atom is 0.0613 e. The van der Waals surface area contributed by atoms with Crippen molar-refractivity contribution in [3.8, 4) is 0 Å². The van der Waals surface area contributed by atoms with Crippen LogP contribution in [0.5, 0.6) is 0 Å². The van der Waals surface area contributed by atoms with Gasteiger partial charge in [0, 0.05) is 9.97 Å². The summed E-state index contributed by atoms with van der Waals surface area (Å²) in [6, 6.07) is 0. The molecule has 0 spiro atoms. The van der Waals surface area contributed by atoms with Crippen LogP contribution in [0.1, 0.15) is 12.8 Å². The first kappa shape index (κ1) is 13.7. The average molecular weight is 326 g/mol. The number of rotatable bonds is 5. The van der Waals surface area contributed by atoms with E-state index in [2.05, 4.69) is 53.5 Å². The van der Waals surface area contributed by atoms with Gasteiger partial charge in [-0.05, 0) is 47.1 Å². The van der Waals surface area contributed by atoms with Crippen molar-refractivity contribution >= 4 is 22.6 Å². The van der Waals surface area contributed by atoms with E-state index in [-0.39, 0.29) is 0 Å². The fourth-order valence-electron chi connectivity index (χ4n) is 1.67. The van der Waals surface area contributed by atoms with Crippen molar-refractivity contribution in [2.75, 3.05) is 54.0 Å². The Morgan fingerprint density at radius 2 is 1.93 bits per heavy atom. The zero-order valence-electron chi connectivity index (χ0n) is 10.1. The minimum Gasteiger partial charge on any atom is -0.379 e. The third kappa shape index (κ3) is 5.47. The summed E-state index contributed by atoms with van der Waals surface area (Å²) in [7, 11) is 6.36. The number of likely N-dealkylation sites (N-methyl/N-ethyl adjacent to an activating group) is 1. The number of piperidine rings is 1.